The Morgan fingerprint density at radius 2 is 1.33 bits per heavy atom. The van der Waals surface area contributed by atoms with Gasteiger partial charge in [-0.15, -0.1) is 0 Å². The van der Waals surface area contributed by atoms with Gasteiger partial charge in [-0.2, -0.15) is 0 Å². The number of hydrogen-bond donors (Lipinski definition) is 2. The van der Waals surface area contributed by atoms with E-state index >= 15 is 0 Å². The number of nitrogens with one attached hydrogen (secondary N) is 1. The smallest absolute Gasteiger partial charge is 0.223 e. The summed E-state index contributed by atoms with van der Waals surface area (Å²) in [5.74, 6) is 0.0947. The van der Waals surface area contributed by atoms with Crippen LogP contribution in [-0.4, -0.2) is 12.5 Å². The van der Waals surface area contributed by atoms with Gasteiger partial charge >= 0.3 is 0 Å². The summed E-state index contributed by atoms with van der Waals surface area (Å²) in [6, 6.07) is 0. The fourth-order valence-electron chi connectivity index (χ4n) is 2.65. The van der Waals surface area contributed by atoms with Crippen LogP contribution < -0.4 is 11.1 Å². The first kappa shape index (κ1) is 22.9. The van der Waals surface area contributed by atoms with Gasteiger partial charge in [0.15, 0.2) is 0 Å². The number of carbonyl (C=O) groups is 1. The van der Waals surface area contributed by atoms with Crippen molar-refractivity contribution in [3.05, 3.63) is 24.4 Å². The van der Waals surface area contributed by atoms with Crippen LogP contribution in [0.4, 0.5) is 0 Å². The van der Waals surface area contributed by atoms with Gasteiger partial charge in [-0.1, -0.05) is 76.5 Å². The maximum Gasteiger partial charge on any atom is 0.223 e. The van der Waals surface area contributed by atoms with Crippen LogP contribution in [0.15, 0.2) is 24.4 Å². The molecule has 140 valence electrons. The fourth-order valence-corrected chi connectivity index (χ4v) is 2.65. The zero-order chi connectivity index (χ0) is 17.7. The molecule has 0 aliphatic rings. The Labute approximate surface area is 150 Å². The van der Waals surface area contributed by atoms with Crippen LogP contribution in [-0.2, 0) is 4.79 Å². The van der Waals surface area contributed by atoms with Crippen LogP contribution in [0.5, 0.6) is 0 Å². The molecule has 0 fully saturated rings. The van der Waals surface area contributed by atoms with Gasteiger partial charge in [-0.25, -0.2) is 0 Å². The predicted molar refractivity (Wildman–Crippen MR) is 106 cm³/mol. The van der Waals surface area contributed by atoms with E-state index in [1.165, 1.54) is 70.6 Å². The Morgan fingerprint density at radius 3 is 1.92 bits per heavy atom. The lowest BCUT2D eigenvalue weighted by molar-refractivity contribution is -0.120. The Balaban J connectivity index is 3.20. The minimum absolute atomic E-state index is 0.0947. The molecule has 0 atom stereocenters. The Bertz CT molecular complexity index is 324. The molecule has 0 spiro atoms. The number of rotatable bonds is 17. The van der Waals surface area contributed by atoms with Gasteiger partial charge in [0, 0.05) is 19.2 Å². The molecular formula is C21H40N2O. The highest BCUT2D eigenvalue weighted by Gasteiger charge is 1.98. The Hall–Kier alpha value is -1.09. The number of nitrogens with two attached hydrogens (primary N) is 1. The first-order chi connectivity index (χ1) is 11.8. The van der Waals surface area contributed by atoms with Crippen molar-refractivity contribution in [1.82, 2.24) is 5.32 Å². The van der Waals surface area contributed by atoms with Gasteiger partial charge in [0.05, 0.1) is 0 Å². The number of amides is 1. The summed E-state index contributed by atoms with van der Waals surface area (Å²) < 4.78 is 0. The van der Waals surface area contributed by atoms with E-state index in [0.717, 1.165) is 12.8 Å². The van der Waals surface area contributed by atoms with E-state index in [0.29, 0.717) is 13.0 Å². The largest absolute Gasteiger partial charge is 0.333 e. The molecule has 0 aromatic heterocycles. The molecule has 0 aliphatic heterocycles. The van der Waals surface area contributed by atoms with Crippen molar-refractivity contribution in [2.45, 2.75) is 96.8 Å². The van der Waals surface area contributed by atoms with E-state index in [4.69, 9.17) is 5.73 Å². The first-order valence-electron chi connectivity index (χ1n) is 10.1. The fraction of sp³-hybridized carbons (Fsp3) is 0.762. The molecule has 3 heteroatoms. The van der Waals surface area contributed by atoms with E-state index in [1.54, 1.807) is 12.3 Å². The van der Waals surface area contributed by atoms with E-state index in [2.05, 4.69) is 24.4 Å². The second kappa shape index (κ2) is 20.0. The first-order valence-corrected chi connectivity index (χ1v) is 10.1. The molecular weight excluding hydrogens is 296 g/mol. The van der Waals surface area contributed by atoms with Crippen molar-refractivity contribution in [2.24, 2.45) is 5.73 Å². The molecule has 0 radical (unpaired) electrons. The molecule has 0 aromatic rings. The molecule has 0 saturated heterocycles. The molecule has 0 heterocycles. The lowest BCUT2D eigenvalue weighted by Crippen LogP contribution is -2.16. The van der Waals surface area contributed by atoms with Crippen molar-refractivity contribution in [1.29, 1.82) is 0 Å². The highest BCUT2D eigenvalue weighted by Crippen LogP contribution is 2.09. The zero-order valence-electron chi connectivity index (χ0n) is 15.9. The van der Waals surface area contributed by atoms with Crippen molar-refractivity contribution >= 4 is 5.91 Å². The average molecular weight is 337 g/mol. The second-order valence-electron chi connectivity index (χ2n) is 6.54. The number of hydrogen-bond acceptors (Lipinski definition) is 2. The van der Waals surface area contributed by atoms with Crippen LogP contribution >= 0.6 is 0 Å². The average Bonchev–Trinajstić information content (AvgIpc) is 2.58. The Morgan fingerprint density at radius 1 is 0.792 bits per heavy atom. The van der Waals surface area contributed by atoms with Crippen LogP contribution in [0.3, 0.4) is 0 Å². The highest BCUT2D eigenvalue weighted by molar-refractivity contribution is 5.76. The summed E-state index contributed by atoms with van der Waals surface area (Å²) in [5.41, 5.74) is 5.31. The molecule has 0 unspecified atom stereocenters. The zero-order valence-corrected chi connectivity index (χ0v) is 15.9. The summed E-state index contributed by atoms with van der Waals surface area (Å²) in [4.78, 5) is 11.4. The molecule has 3 nitrogen and oxygen atoms in total. The van der Waals surface area contributed by atoms with Crippen molar-refractivity contribution in [3.63, 3.8) is 0 Å². The quantitative estimate of drug-likeness (QED) is 0.268. The molecule has 3 N–H and O–H groups in total. The third-order valence-corrected chi connectivity index (χ3v) is 4.16. The summed E-state index contributed by atoms with van der Waals surface area (Å²) in [7, 11) is 0. The van der Waals surface area contributed by atoms with Gasteiger partial charge in [-0.3, -0.25) is 4.79 Å². The third kappa shape index (κ3) is 19.0. The summed E-state index contributed by atoms with van der Waals surface area (Å²) >= 11 is 0. The monoisotopic (exact) mass is 336 g/mol. The lowest BCUT2D eigenvalue weighted by Gasteiger charge is -2.01. The van der Waals surface area contributed by atoms with Crippen molar-refractivity contribution in [3.8, 4) is 0 Å². The molecule has 0 rings (SSSR count). The maximum absolute atomic E-state index is 11.4. The minimum atomic E-state index is 0.0947. The Kier molecular flexibility index (Phi) is 19.0. The number of unbranched alkanes of at least 4 members (excludes halogenated alkanes) is 11. The van der Waals surface area contributed by atoms with E-state index in [9.17, 15) is 4.79 Å². The minimum Gasteiger partial charge on any atom is -0.333 e. The van der Waals surface area contributed by atoms with E-state index in [1.807, 2.05) is 0 Å². The second-order valence-corrected chi connectivity index (χ2v) is 6.54. The topological polar surface area (TPSA) is 55.1 Å². The molecule has 0 aromatic carbocycles. The lowest BCUT2D eigenvalue weighted by atomic mass is 10.1. The van der Waals surface area contributed by atoms with Gasteiger partial charge in [0.1, 0.15) is 0 Å². The van der Waals surface area contributed by atoms with Gasteiger partial charge in [0.25, 0.3) is 0 Å². The van der Waals surface area contributed by atoms with E-state index < -0.39 is 0 Å². The SMILES string of the molecule is CCCCCCCC/C=C\CCCCCCCC(=O)NC=CCN. The van der Waals surface area contributed by atoms with Crippen LogP contribution in [0, 0.1) is 0 Å². The van der Waals surface area contributed by atoms with Crippen molar-refractivity contribution < 1.29 is 4.79 Å². The normalized spacial score (nSPS) is 11.6. The molecule has 1 amide bonds. The highest BCUT2D eigenvalue weighted by atomic mass is 16.1. The number of carbonyl (C=O) groups excluding carboxylic acids is 1. The van der Waals surface area contributed by atoms with Gasteiger partial charge < -0.3 is 11.1 Å². The maximum atomic E-state index is 11.4. The number of allylic oxidation sites excluding steroid dienone is 2. The standard InChI is InChI=1S/C21H40N2O/c1-2-3-4-5-6-7-8-9-10-11-12-13-14-15-16-18-21(24)23-20-17-19-22/h9-10,17,20H,2-8,11-16,18-19,22H2,1H3,(H,23,24)/b10-9-,20-17?. The summed E-state index contributed by atoms with van der Waals surface area (Å²) in [6.07, 6.45) is 25.4. The molecule has 0 bridgehead atoms. The molecule has 0 aliphatic carbocycles. The van der Waals surface area contributed by atoms with Crippen LogP contribution in [0.1, 0.15) is 96.8 Å². The van der Waals surface area contributed by atoms with E-state index in [-0.39, 0.29) is 5.91 Å². The van der Waals surface area contributed by atoms with Crippen LogP contribution in [0.25, 0.3) is 0 Å². The van der Waals surface area contributed by atoms with Crippen LogP contribution in [0.2, 0.25) is 0 Å². The third-order valence-electron chi connectivity index (χ3n) is 4.16. The molecule has 0 saturated carbocycles. The summed E-state index contributed by atoms with van der Waals surface area (Å²) in [6.45, 7) is 2.73. The van der Waals surface area contributed by atoms with Gasteiger partial charge in [0.2, 0.25) is 5.91 Å². The predicted octanol–water partition coefficient (Wildman–Crippen LogP) is 5.61. The molecule has 24 heavy (non-hydrogen) atoms. The van der Waals surface area contributed by atoms with Crippen molar-refractivity contribution in [2.75, 3.05) is 6.54 Å². The van der Waals surface area contributed by atoms with Gasteiger partial charge in [-0.05, 0) is 32.1 Å². The summed E-state index contributed by atoms with van der Waals surface area (Å²) in [5, 5.41) is 2.72.